The smallest absolute Gasteiger partial charge is 0.410 e. The Morgan fingerprint density at radius 2 is 1.72 bits per heavy atom. The van der Waals surface area contributed by atoms with Gasteiger partial charge in [0.15, 0.2) is 0 Å². The summed E-state index contributed by atoms with van der Waals surface area (Å²) < 4.78 is 13.3. The minimum atomic E-state index is -0.491. The van der Waals surface area contributed by atoms with Gasteiger partial charge in [-0.1, -0.05) is 42.5 Å². The maximum absolute atomic E-state index is 13.2. The predicted molar refractivity (Wildman–Crippen MR) is 119 cm³/mol. The first-order chi connectivity index (χ1) is 15.5. The molecule has 0 atom stereocenters. The maximum atomic E-state index is 13.2. The first-order valence-corrected chi connectivity index (χ1v) is 10.4. The molecule has 32 heavy (non-hydrogen) atoms. The molecule has 0 saturated carbocycles. The highest BCUT2D eigenvalue weighted by Crippen LogP contribution is 2.17. The van der Waals surface area contributed by atoms with E-state index in [2.05, 4.69) is 0 Å². The standard InChI is InChI=1S/C24H25N3O5/c1-25-21-12-13-26(24(30)32-16-18-8-10-19(31-2)11-9-18)15-20(21)22(28)27(23(25)29)14-17-6-4-3-5-7-17/h3-11H,12-16H2,1-2H3. The highest BCUT2D eigenvalue weighted by molar-refractivity contribution is 5.68. The number of amides is 1. The van der Waals surface area contributed by atoms with Crippen molar-refractivity contribution in [2.24, 2.45) is 7.05 Å². The van der Waals surface area contributed by atoms with Crippen molar-refractivity contribution in [3.63, 3.8) is 0 Å². The molecule has 4 rings (SSSR count). The van der Waals surface area contributed by atoms with Crippen molar-refractivity contribution in [1.29, 1.82) is 0 Å². The molecule has 1 aliphatic rings. The zero-order valence-electron chi connectivity index (χ0n) is 18.1. The van der Waals surface area contributed by atoms with Crippen molar-refractivity contribution < 1.29 is 14.3 Å². The number of carbonyl (C=O) groups is 1. The fourth-order valence-corrected chi connectivity index (χ4v) is 3.88. The second-order valence-corrected chi connectivity index (χ2v) is 7.72. The largest absolute Gasteiger partial charge is 0.497 e. The molecule has 8 nitrogen and oxygen atoms in total. The van der Waals surface area contributed by atoms with E-state index in [1.54, 1.807) is 26.3 Å². The lowest BCUT2D eigenvalue weighted by atomic mass is 10.1. The number of fused-ring (bicyclic) bond motifs is 1. The Morgan fingerprint density at radius 3 is 2.41 bits per heavy atom. The summed E-state index contributed by atoms with van der Waals surface area (Å²) in [5.74, 6) is 0.727. The molecule has 8 heteroatoms. The van der Waals surface area contributed by atoms with Gasteiger partial charge in [0.25, 0.3) is 5.56 Å². The molecule has 0 unspecified atom stereocenters. The molecule has 2 heterocycles. The zero-order valence-corrected chi connectivity index (χ0v) is 18.1. The Morgan fingerprint density at radius 1 is 1.00 bits per heavy atom. The Kier molecular flexibility index (Phi) is 6.11. The lowest BCUT2D eigenvalue weighted by Gasteiger charge is -2.29. The lowest BCUT2D eigenvalue weighted by Crippen LogP contribution is -2.48. The van der Waals surface area contributed by atoms with Crippen molar-refractivity contribution >= 4 is 6.09 Å². The van der Waals surface area contributed by atoms with Crippen molar-refractivity contribution in [2.45, 2.75) is 26.1 Å². The number of hydrogen-bond acceptors (Lipinski definition) is 5. The Bertz CT molecular complexity index is 1230. The van der Waals surface area contributed by atoms with E-state index in [0.29, 0.717) is 24.2 Å². The molecule has 2 aromatic carbocycles. The van der Waals surface area contributed by atoms with Gasteiger partial charge < -0.3 is 18.9 Å². The van der Waals surface area contributed by atoms with Gasteiger partial charge in [-0.2, -0.15) is 0 Å². The van der Waals surface area contributed by atoms with E-state index in [1.807, 2.05) is 42.5 Å². The predicted octanol–water partition coefficient (Wildman–Crippen LogP) is 2.30. The van der Waals surface area contributed by atoms with Crippen LogP contribution in [0.15, 0.2) is 64.2 Å². The second-order valence-electron chi connectivity index (χ2n) is 7.72. The van der Waals surface area contributed by atoms with E-state index in [-0.39, 0.29) is 30.9 Å². The van der Waals surface area contributed by atoms with Crippen molar-refractivity contribution in [3.8, 4) is 5.75 Å². The quantitative estimate of drug-likeness (QED) is 0.614. The maximum Gasteiger partial charge on any atom is 0.410 e. The number of hydrogen-bond donors (Lipinski definition) is 0. The normalized spacial score (nSPS) is 12.9. The molecule has 0 spiro atoms. The fraction of sp³-hybridized carbons (Fsp3) is 0.292. The third-order valence-corrected chi connectivity index (χ3v) is 5.70. The van der Waals surface area contributed by atoms with Crippen LogP contribution in [-0.4, -0.2) is 33.8 Å². The number of ether oxygens (including phenoxy) is 2. The van der Waals surface area contributed by atoms with Crippen LogP contribution in [0.1, 0.15) is 22.4 Å². The number of nitrogens with zero attached hydrogens (tertiary/aromatic N) is 3. The monoisotopic (exact) mass is 435 g/mol. The molecular weight excluding hydrogens is 410 g/mol. The molecule has 1 aromatic heterocycles. The van der Waals surface area contributed by atoms with Gasteiger partial charge in [0, 0.05) is 25.7 Å². The number of aromatic nitrogens is 2. The summed E-state index contributed by atoms with van der Waals surface area (Å²) in [4.78, 5) is 40.1. The first-order valence-electron chi connectivity index (χ1n) is 10.4. The van der Waals surface area contributed by atoms with Crippen molar-refractivity contribution in [1.82, 2.24) is 14.0 Å². The molecular formula is C24H25N3O5. The van der Waals surface area contributed by atoms with Crippen LogP contribution in [-0.2, 0) is 37.9 Å². The van der Waals surface area contributed by atoms with Crippen LogP contribution in [0.2, 0.25) is 0 Å². The molecule has 0 radical (unpaired) electrons. The van der Waals surface area contributed by atoms with E-state index >= 15 is 0 Å². The molecule has 3 aromatic rings. The summed E-state index contributed by atoms with van der Waals surface area (Å²) in [5.41, 5.74) is 2.11. The van der Waals surface area contributed by atoms with E-state index in [4.69, 9.17) is 9.47 Å². The zero-order chi connectivity index (χ0) is 22.7. The summed E-state index contributed by atoms with van der Waals surface area (Å²) in [7, 11) is 3.26. The van der Waals surface area contributed by atoms with Gasteiger partial charge in [-0.05, 0) is 23.3 Å². The average Bonchev–Trinajstić information content (AvgIpc) is 2.84. The molecule has 0 saturated heterocycles. The topological polar surface area (TPSA) is 82.8 Å². The summed E-state index contributed by atoms with van der Waals surface area (Å²) in [5, 5.41) is 0. The minimum Gasteiger partial charge on any atom is -0.497 e. The Labute approximate surface area is 185 Å². The number of methoxy groups -OCH3 is 1. The molecule has 1 amide bonds. The summed E-state index contributed by atoms with van der Waals surface area (Å²) in [6.07, 6.45) is -0.0746. The summed E-state index contributed by atoms with van der Waals surface area (Å²) in [6, 6.07) is 16.6. The lowest BCUT2D eigenvalue weighted by molar-refractivity contribution is 0.0909. The molecule has 0 aliphatic carbocycles. The van der Waals surface area contributed by atoms with Crippen molar-refractivity contribution in [3.05, 3.63) is 97.8 Å². The van der Waals surface area contributed by atoms with Crippen LogP contribution in [0.5, 0.6) is 5.75 Å². The van der Waals surface area contributed by atoms with E-state index in [9.17, 15) is 14.4 Å². The first kappa shape index (κ1) is 21.4. The fourth-order valence-electron chi connectivity index (χ4n) is 3.88. The Balaban J connectivity index is 1.52. The van der Waals surface area contributed by atoms with Gasteiger partial charge in [0.05, 0.1) is 25.8 Å². The van der Waals surface area contributed by atoms with Crippen LogP contribution < -0.4 is 16.0 Å². The van der Waals surface area contributed by atoms with Gasteiger partial charge in [-0.15, -0.1) is 0 Å². The third-order valence-electron chi connectivity index (χ3n) is 5.70. The van der Waals surface area contributed by atoms with Gasteiger partial charge in [0.2, 0.25) is 0 Å². The van der Waals surface area contributed by atoms with Gasteiger partial charge in [-0.25, -0.2) is 9.59 Å². The third kappa shape index (κ3) is 4.30. The van der Waals surface area contributed by atoms with Crippen LogP contribution >= 0.6 is 0 Å². The Hall–Kier alpha value is -3.81. The van der Waals surface area contributed by atoms with Crippen LogP contribution in [0, 0.1) is 0 Å². The molecule has 0 fully saturated rings. The van der Waals surface area contributed by atoms with Gasteiger partial charge in [-0.3, -0.25) is 9.36 Å². The van der Waals surface area contributed by atoms with Crippen LogP contribution in [0.4, 0.5) is 4.79 Å². The number of carbonyl (C=O) groups excluding carboxylic acids is 1. The number of benzene rings is 2. The summed E-state index contributed by atoms with van der Waals surface area (Å²) >= 11 is 0. The van der Waals surface area contributed by atoms with E-state index < -0.39 is 6.09 Å². The second kappa shape index (κ2) is 9.13. The highest BCUT2D eigenvalue weighted by atomic mass is 16.6. The average molecular weight is 435 g/mol. The molecule has 0 bridgehead atoms. The van der Waals surface area contributed by atoms with E-state index in [0.717, 1.165) is 16.9 Å². The highest BCUT2D eigenvalue weighted by Gasteiger charge is 2.27. The minimum absolute atomic E-state index is 0.110. The molecule has 166 valence electrons. The number of rotatable bonds is 5. The van der Waals surface area contributed by atoms with Gasteiger partial charge >= 0.3 is 11.8 Å². The van der Waals surface area contributed by atoms with Crippen LogP contribution in [0.25, 0.3) is 0 Å². The van der Waals surface area contributed by atoms with E-state index in [1.165, 1.54) is 14.0 Å². The summed E-state index contributed by atoms with van der Waals surface area (Å²) in [6.45, 7) is 0.793. The SMILES string of the molecule is COc1ccc(COC(=O)N2CCc3c(c(=O)n(Cc4ccccc4)c(=O)n3C)C2)cc1. The van der Waals surface area contributed by atoms with Crippen LogP contribution in [0.3, 0.4) is 0 Å². The molecule has 0 N–H and O–H groups in total. The van der Waals surface area contributed by atoms with Crippen molar-refractivity contribution in [2.75, 3.05) is 13.7 Å². The van der Waals surface area contributed by atoms with Gasteiger partial charge in [0.1, 0.15) is 12.4 Å². The molecule has 1 aliphatic heterocycles.